The molecule has 0 fully saturated rings. The molecule has 0 amide bonds. The minimum absolute atomic E-state index is 0.0281. The Morgan fingerprint density at radius 3 is 3.00 bits per heavy atom. The molecule has 2 atom stereocenters. The lowest BCUT2D eigenvalue weighted by atomic mass is 10.0. The fourth-order valence-corrected chi connectivity index (χ4v) is 2.37. The number of fused-ring (bicyclic) bond motifs is 1. The largest absolute Gasteiger partial charge is 0.392 e. The molecular weight excluding hydrogens is 207 g/mol. The maximum absolute atomic E-state index is 13.6. The summed E-state index contributed by atoms with van der Waals surface area (Å²) in [5.74, 6) is -0.177. The fraction of sp³-hybridized carbons (Fsp3) is 0.500. The van der Waals surface area contributed by atoms with E-state index >= 15 is 0 Å². The highest BCUT2D eigenvalue weighted by atomic mass is 19.1. The van der Waals surface area contributed by atoms with Crippen LogP contribution in [0.3, 0.4) is 0 Å². The Hall–Kier alpha value is -0.970. The normalized spacial score (nSPS) is 22.1. The Balaban J connectivity index is 2.28. The third-order valence-electron chi connectivity index (χ3n) is 3.04. The van der Waals surface area contributed by atoms with Crippen LogP contribution >= 0.6 is 0 Å². The summed E-state index contributed by atoms with van der Waals surface area (Å²) in [4.78, 5) is 2.03. The number of β-amino-alcohol motifs (C(OH)–C–C–N with tert-alkyl or cyclic N) is 1. The zero-order valence-electron chi connectivity index (χ0n) is 9.36. The van der Waals surface area contributed by atoms with Crippen LogP contribution < -0.4 is 5.73 Å². The Morgan fingerprint density at radius 2 is 2.38 bits per heavy atom. The van der Waals surface area contributed by atoms with Crippen molar-refractivity contribution >= 4 is 0 Å². The predicted molar refractivity (Wildman–Crippen MR) is 60.3 cm³/mol. The van der Waals surface area contributed by atoms with Gasteiger partial charge in [0.05, 0.1) is 6.10 Å². The van der Waals surface area contributed by atoms with Crippen LogP contribution in [0.4, 0.5) is 4.39 Å². The molecule has 3 nitrogen and oxygen atoms in total. The third-order valence-corrected chi connectivity index (χ3v) is 3.04. The maximum atomic E-state index is 13.6. The molecule has 4 heteroatoms. The van der Waals surface area contributed by atoms with Crippen LogP contribution in [-0.4, -0.2) is 29.2 Å². The zero-order valence-corrected chi connectivity index (χ0v) is 9.36. The summed E-state index contributed by atoms with van der Waals surface area (Å²) in [6, 6.07) is 5.12. The van der Waals surface area contributed by atoms with Crippen molar-refractivity contribution < 1.29 is 9.50 Å². The molecular formula is C12H17FN2O. The van der Waals surface area contributed by atoms with Crippen LogP contribution in [0.1, 0.15) is 24.1 Å². The van der Waals surface area contributed by atoms with Gasteiger partial charge in [-0.3, -0.25) is 4.90 Å². The van der Waals surface area contributed by atoms with Gasteiger partial charge in [-0.1, -0.05) is 12.1 Å². The van der Waals surface area contributed by atoms with E-state index in [1.54, 1.807) is 13.0 Å². The zero-order chi connectivity index (χ0) is 11.7. The van der Waals surface area contributed by atoms with E-state index < -0.39 is 6.10 Å². The number of halogens is 1. The van der Waals surface area contributed by atoms with Crippen LogP contribution in [0, 0.1) is 5.82 Å². The molecule has 0 saturated carbocycles. The summed E-state index contributed by atoms with van der Waals surface area (Å²) in [6.07, 6.45) is -0.425. The van der Waals surface area contributed by atoms with Gasteiger partial charge in [0.15, 0.2) is 0 Å². The van der Waals surface area contributed by atoms with Gasteiger partial charge in [-0.05, 0) is 18.6 Å². The lowest BCUT2D eigenvalue weighted by molar-refractivity contribution is 0.105. The van der Waals surface area contributed by atoms with Gasteiger partial charge in [0, 0.05) is 31.2 Å². The van der Waals surface area contributed by atoms with Gasteiger partial charge in [-0.2, -0.15) is 0 Å². The van der Waals surface area contributed by atoms with Gasteiger partial charge in [-0.15, -0.1) is 0 Å². The second-order valence-corrected chi connectivity index (χ2v) is 4.34. The standard InChI is InChI=1S/C12H17FN2O/c1-8(16)6-15-7-10-9(12(15)5-14)3-2-4-11(10)13/h2-4,8,12,16H,5-7,14H2,1H3. The molecule has 0 radical (unpaired) electrons. The van der Waals surface area contributed by atoms with Gasteiger partial charge in [0.25, 0.3) is 0 Å². The first-order chi connectivity index (χ1) is 7.63. The van der Waals surface area contributed by atoms with Crippen LogP contribution in [0.15, 0.2) is 18.2 Å². The van der Waals surface area contributed by atoms with Crippen LogP contribution in [0.2, 0.25) is 0 Å². The van der Waals surface area contributed by atoms with Gasteiger partial charge in [0.1, 0.15) is 5.82 Å². The predicted octanol–water partition coefficient (Wildman–Crippen LogP) is 1.02. The minimum atomic E-state index is -0.425. The van der Waals surface area contributed by atoms with Crippen molar-refractivity contribution in [3.63, 3.8) is 0 Å². The topological polar surface area (TPSA) is 49.5 Å². The Morgan fingerprint density at radius 1 is 1.62 bits per heavy atom. The molecule has 1 aliphatic heterocycles. The van der Waals surface area contributed by atoms with Crippen LogP contribution in [0.5, 0.6) is 0 Å². The summed E-state index contributed by atoms with van der Waals surface area (Å²) in [6.45, 7) is 3.24. The van der Waals surface area contributed by atoms with E-state index in [1.165, 1.54) is 6.07 Å². The van der Waals surface area contributed by atoms with E-state index in [9.17, 15) is 9.50 Å². The first-order valence-corrected chi connectivity index (χ1v) is 5.53. The molecule has 1 aromatic carbocycles. The quantitative estimate of drug-likeness (QED) is 0.806. The summed E-state index contributed by atoms with van der Waals surface area (Å²) in [7, 11) is 0. The molecule has 1 aromatic rings. The minimum Gasteiger partial charge on any atom is -0.392 e. The van der Waals surface area contributed by atoms with Crippen LogP contribution in [-0.2, 0) is 6.54 Å². The molecule has 2 unspecified atom stereocenters. The molecule has 1 heterocycles. The fourth-order valence-electron chi connectivity index (χ4n) is 2.37. The van der Waals surface area contributed by atoms with Crippen LogP contribution in [0.25, 0.3) is 0 Å². The number of benzene rings is 1. The SMILES string of the molecule is CC(O)CN1Cc2c(F)cccc2C1CN. The van der Waals surface area contributed by atoms with E-state index in [2.05, 4.69) is 0 Å². The molecule has 1 aliphatic rings. The molecule has 0 saturated heterocycles. The average Bonchev–Trinajstić information content (AvgIpc) is 2.56. The summed E-state index contributed by atoms with van der Waals surface area (Å²) >= 11 is 0. The van der Waals surface area contributed by atoms with Gasteiger partial charge < -0.3 is 10.8 Å². The Kier molecular flexibility index (Phi) is 3.23. The molecule has 0 aromatic heterocycles. The van der Waals surface area contributed by atoms with Crippen molar-refractivity contribution in [3.8, 4) is 0 Å². The number of nitrogens with zero attached hydrogens (tertiary/aromatic N) is 1. The molecule has 16 heavy (non-hydrogen) atoms. The molecule has 0 spiro atoms. The average molecular weight is 224 g/mol. The second kappa shape index (κ2) is 4.49. The van der Waals surface area contributed by atoms with E-state index in [0.717, 1.165) is 11.1 Å². The molecule has 88 valence electrons. The van der Waals surface area contributed by atoms with Gasteiger partial charge in [-0.25, -0.2) is 4.39 Å². The van der Waals surface area contributed by atoms with Crippen molar-refractivity contribution in [2.45, 2.75) is 25.6 Å². The number of hydrogen-bond donors (Lipinski definition) is 2. The van der Waals surface area contributed by atoms with Crippen molar-refractivity contribution in [3.05, 3.63) is 35.1 Å². The lowest BCUT2D eigenvalue weighted by Crippen LogP contribution is -2.33. The first kappa shape index (κ1) is 11.5. The van der Waals surface area contributed by atoms with Crippen molar-refractivity contribution in [2.24, 2.45) is 5.73 Å². The van der Waals surface area contributed by atoms with E-state index in [-0.39, 0.29) is 11.9 Å². The van der Waals surface area contributed by atoms with E-state index in [1.807, 2.05) is 11.0 Å². The number of nitrogens with two attached hydrogens (primary N) is 1. The molecule has 2 rings (SSSR count). The number of aliphatic hydroxyl groups is 1. The van der Waals surface area contributed by atoms with Crippen molar-refractivity contribution in [2.75, 3.05) is 13.1 Å². The summed E-state index contributed by atoms with van der Waals surface area (Å²) < 4.78 is 13.6. The Labute approximate surface area is 94.7 Å². The molecule has 0 bridgehead atoms. The first-order valence-electron chi connectivity index (χ1n) is 5.53. The second-order valence-electron chi connectivity index (χ2n) is 4.34. The summed E-state index contributed by atoms with van der Waals surface area (Å²) in [5.41, 5.74) is 7.40. The lowest BCUT2D eigenvalue weighted by Gasteiger charge is -2.24. The highest BCUT2D eigenvalue weighted by molar-refractivity contribution is 5.35. The number of rotatable bonds is 3. The van der Waals surface area contributed by atoms with Crippen molar-refractivity contribution in [1.29, 1.82) is 0 Å². The third kappa shape index (κ3) is 1.96. The molecule has 0 aliphatic carbocycles. The highest BCUT2D eigenvalue weighted by Gasteiger charge is 2.31. The van der Waals surface area contributed by atoms with E-state index in [4.69, 9.17) is 5.73 Å². The van der Waals surface area contributed by atoms with E-state index in [0.29, 0.717) is 19.6 Å². The monoisotopic (exact) mass is 224 g/mol. The van der Waals surface area contributed by atoms with Gasteiger partial charge >= 0.3 is 0 Å². The highest BCUT2D eigenvalue weighted by Crippen LogP contribution is 2.34. The van der Waals surface area contributed by atoms with Crippen molar-refractivity contribution in [1.82, 2.24) is 4.90 Å². The number of aliphatic hydroxyl groups excluding tert-OH is 1. The maximum Gasteiger partial charge on any atom is 0.128 e. The van der Waals surface area contributed by atoms with Gasteiger partial charge in [0.2, 0.25) is 0 Å². The number of hydrogen-bond acceptors (Lipinski definition) is 3. The Bertz CT molecular complexity index is 381. The summed E-state index contributed by atoms with van der Waals surface area (Å²) in [5, 5.41) is 9.40. The molecule has 3 N–H and O–H groups in total. The smallest absolute Gasteiger partial charge is 0.128 e.